The van der Waals surface area contributed by atoms with Crippen molar-refractivity contribution >= 4 is 16.6 Å². The van der Waals surface area contributed by atoms with Crippen molar-refractivity contribution in [2.24, 2.45) is 0 Å². The number of para-hydroxylation sites is 1. The van der Waals surface area contributed by atoms with Crippen molar-refractivity contribution in [1.29, 1.82) is 0 Å². The van der Waals surface area contributed by atoms with Crippen LogP contribution in [0.3, 0.4) is 0 Å². The molecule has 1 aliphatic rings. The minimum atomic E-state index is 0.567. The zero-order chi connectivity index (χ0) is 13.2. The van der Waals surface area contributed by atoms with Crippen LogP contribution < -0.4 is 5.32 Å². The number of benzene rings is 1. The highest BCUT2D eigenvalue weighted by atomic mass is 15.1. The molecule has 3 heteroatoms. The third-order valence-corrected chi connectivity index (χ3v) is 4.22. The molecule has 2 heterocycles. The molecule has 3 nitrogen and oxygen atoms in total. The molecule has 0 aliphatic carbocycles. The maximum atomic E-state index is 4.41. The number of piperidine rings is 1. The molecule has 0 radical (unpaired) electrons. The van der Waals surface area contributed by atoms with Gasteiger partial charge in [0.05, 0.1) is 5.52 Å². The van der Waals surface area contributed by atoms with Gasteiger partial charge in [0.15, 0.2) is 0 Å². The van der Waals surface area contributed by atoms with Crippen LogP contribution in [0.15, 0.2) is 36.5 Å². The highest BCUT2D eigenvalue weighted by molar-refractivity contribution is 5.90. The Labute approximate surface area is 114 Å². The third kappa shape index (κ3) is 2.56. The largest absolute Gasteiger partial charge is 0.382 e. The summed E-state index contributed by atoms with van der Waals surface area (Å²) in [7, 11) is 2.21. The second-order valence-electron chi connectivity index (χ2n) is 5.57. The maximum absolute atomic E-state index is 4.41. The van der Waals surface area contributed by atoms with Gasteiger partial charge < -0.3 is 10.2 Å². The number of hydrogen-bond donors (Lipinski definition) is 1. The predicted octanol–water partition coefficient (Wildman–Crippen LogP) is 3.13. The minimum absolute atomic E-state index is 0.567. The molecule has 1 aromatic heterocycles. The van der Waals surface area contributed by atoms with E-state index in [2.05, 4.69) is 53.4 Å². The van der Waals surface area contributed by atoms with Gasteiger partial charge in [0.1, 0.15) is 0 Å². The molecule has 0 bridgehead atoms. The molecule has 2 unspecified atom stereocenters. The van der Waals surface area contributed by atoms with Gasteiger partial charge in [-0.3, -0.25) is 4.98 Å². The third-order valence-electron chi connectivity index (χ3n) is 4.22. The van der Waals surface area contributed by atoms with Gasteiger partial charge in [-0.05, 0) is 38.9 Å². The first kappa shape index (κ1) is 12.4. The van der Waals surface area contributed by atoms with Gasteiger partial charge in [-0.15, -0.1) is 0 Å². The number of aromatic nitrogens is 1. The molecule has 1 aromatic carbocycles. The number of hydrogen-bond acceptors (Lipinski definition) is 3. The molecule has 3 rings (SSSR count). The number of rotatable bonds is 2. The van der Waals surface area contributed by atoms with Gasteiger partial charge in [0, 0.05) is 35.9 Å². The summed E-state index contributed by atoms with van der Waals surface area (Å²) < 4.78 is 0. The number of nitrogens with zero attached hydrogens (tertiary/aromatic N) is 2. The van der Waals surface area contributed by atoms with Gasteiger partial charge in [0.2, 0.25) is 0 Å². The summed E-state index contributed by atoms with van der Waals surface area (Å²) in [6.07, 6.45) is 4.30. The molecule has 1 N–H and O–H groups in total. The molecule has 1 saturated heterocycles. The Balaban J connectivity index is 1.82. The van der Waals surface area contributed by atoms with Crippen molar-refractivity contribution < 1.29 is 0 Å². The van der Waals surface area contributed by atoms with Crippen molar-refractivity contribution in [2.75, 3.05) is 18.9 Å². The van der Waals surface area contributed by atoms with E-state index in [1.165, 1.54) is 30.5 Å². The molecule has 0 amide bonds. The SMILES string of the molecule is CC1CC(Nc2ccnc3ccccc23)CCN1C. The van der Waals surface area contributed by atoms with Crippen LogP contribution >= 0.6 is 0 Å². The normalized spacial score (nSPS) is 24.5. The minimum Gasteiger partial charge on any atom is -0.382 e. The average molecular weight is 255 g/mol. The van der Waals surface area contributed by atoms with Crippen LogP contribution in [0.1, 0.15) is 19.8 Å². The first-order valence-corrected chi connectivity index (χ1v) is 7.04. The van der Waals surface area contributed by atoms with Crippen molar-refractivity contribution in [3.8, 4) is 0 Å². The lowest BCUT2D eigenvalue weighted by atomic mass is 9.98. The second kappa shape index (κ2) is 5.17. The molecule has 0 spiro atoms. The van der Waals surface area contributed by atoms with Gasteiger partial charge in [0.25, 0.3) is 0 Å². The zero-order valence-corrected chi connectivity index (χ0v) is 11.6. The number of pyridine rings is 1. The summed E-state index contributed by atoms with van der Waals surface area (Å²) in [5.41, 5.74) is 2.28. The van der Waals surface area contributed by atoms with Crippen molar-refractivity contribution in [1.82, 2.24) is 9.88 Å². The van der Waals surface area contributed by atoms with Gasteiger partial charge in [-0.2, -0.15) is 0 Å². The van der Waals surface area contributed by atoms with Crippen LogP contribution in [0.5, 0.6) is 0 Å². The highest BCUT2D eigenvalue weighted by Crippen LogP contribution is 2.25. The van der Waals surface area contributed by atoms with Gasteiger partial charge >= 0.3 is 0 Å². The monoisotopic (exact) mass is 255 g/mol. The fraction of sp³-hybridized carbons (Fsp3) is 0.438. The average Bonchev–Trinajstić information content (AvgIpc) is 2.43. The van der Waals surface area contributed by atoms with Gasteiger partial charge in [-0.1, -0.05) is 18.2 Å². The van der Waals surface area contributed by atoms with Crippen LogP contribution in [0.25, 0.3) is 10.9 Å². The molecule has 2 aromatic rings. The Morgan fingerprint density at radius 1 is 1.26 bits per heavy atom. The Hall–Kier alpha value is -1.61. The van der Waals surface area contributed by atoms with E-state index in [0.29, 0.717) is 12.1 Å². The Morgan fingerprint density at radius 3 is 2.95 bits per heavy atom. The first-order valence-electron chi connectivity index (χ1n) is 7.04. The first-order chi connectivity index (χ1) is 9.24. The summed E-state index contributed by atoms with van der Waals surface area (Å²) in [5, 5.41) is 4.93. The van der Waals surface area contributed by atoms with E-state index in [1.54, 1.807) is 0 Å². The van der Waals surface area contributed by atoms with Gasteiger partial charge in [-0.25, -0.2) is 0 Å². The fourth-order valence-electron chi connectivity index (χ4n) is 2.86. The fourth-order valence-corrected chi connectivity index (χ4v) is 2.86. The highest BCUT2D eigenvalue weighted by Gasteiger charge is 2.22. The van der Waals surface area contributed by atoms with Crippen LogP contribution in [-0.4, -0.2) is 35.6 Å². The lowest BCUT2D eigenvalue weighted by Crippen LogP contribution is -2.42. The smallest absolute Gasteiger partial charge is 0.0722 e. The van der Waals surface area contributed by atoms with Crippen LogP contribution in [0, 0.1) is 0 Å². The topological polar surface area (TPSA) is 28.2 Å². The number of likely N-dealkylation sites (tertiary alicyclic amines) is 1. The quantitative estimate of drug-likeness (QED) is 0.893. The lowest BCUT2D eigenvalue weighted by Gasteiger charge is -2.36. The van der Waals surface area contributed by atoms with E-state index < -0.39 is 0 Å². The molecule has 100 valence electrons. The summed E-state index contributed by atoms with van der Waals surface area (Å²) in [5.74, 6) is 0. The molecular weight excluding hydrogens is 234 g/mol. The van der Waals surface area contributed by atoms with Crippen LogP contribution in [0.2, 0.25) is 0 Å². The van der Waals surface area contributed by atoms with E-state index in [4.69, 9.17) is 0 Å². The van der Waals surface area contributed by atoms with E-state index in [1.807, 2.05) is 12.3 Å². The summed E-state index contributed by atoms with van der Waals surface area (Å²) in [6.45, 7) is 3.47. The predicted molar refractivity (Wildman–Crippen MR) is 80.5 cm³/mol. The number of fused-ring (bicyclic) bond motifs is 1. The van der Waals surface area contributed by atoms with Crippen molar-refractivity contribution in [2.45, 2.75) is 31.8 Å². The van der Waals surface area contributed by atoms with E-state index >= 15 is 0 Å². The van der Waals surface area contributed by atoms with Crippen molar-refractivity contribution in [3.05, 3.63) is 36.5 Å². The zero-order valence-electron chi connectivity index (χ0n) is 11.6. The Morgan fingerprint density at radius 2 is 2.11 bits per heavy atom. The molecule has 1 fully saturated rings. The number of anilines is 1. The van der Waals surface area contributed by atoms with Crippen LogP contribution in [0.4, 0.5) is 5.69 Å². The van der Waals surface area contributed by atoms with E-state index in [9.17, 15) is 0 Å². The molecule has 0 saturated carbocycles. The lowest BCUT2D eigenvalue weighted by molar-refractivity contribution is 0.190. The Bertz CT molecular complexity index is 561. The molecule has 19 heavy (non-hydrogen) atoms. The molecule has 1 aliphatic heterocycles. The summed E-state index contributed by atoms with van der Waals surface area (Å²) in [4.78, 5) is 6.85. The van der Waals surface area contributed by atoms with Crippen molar-refractivity contribution in [3.63, 3.8) is 0 Å². The summed E-state index contributed by atoms with van der Waals surface area (Å²) >= 11 is 0. The Kier molecular flexibility index (Phi) is 3.38. The maximum Gasteiger partial charge on any atom is 0.0722 e. The number of nitrogens with one attached hydrogen (secondary N) is 1. The van der Waals surface area contributed by atoms with E-state index in [0.717, 1.165) is 5.52 Å². The van der Waals surface area contributed by atoms with Crippen LogP contribution in [-0.2, 0) is 0 Å². The molecule has 2 atom stereocenters. The second-order valence-corrected chi connectivity index (χ2v) is 5.57. The summed E-state index contributed by atoms with van der Waals surface area (Å²) in [6, 6.07) is 11.6. The standard InChI is InChI=1S/C16H21N3/c1-12-11-13(8-10-19(12)2)18-16-7-9-17-15-6-4-3-5-14(15)16/h3-7,9,12-13H,8,10-11H2,1-2H3,(H,17,18). The van der Waals surface area contributed by atoms with E-state index in [-0.39, 0.29) is 0 Å². The molecular formula is C16H21N3.